The SMILES string of the molecule is Cc1ccc(Cl)c(NC(=O)c2ccc(C#CCN)cn2)c1. The number of anilines is 1. The van der Waals surface area contributed by atoms with E-state index in [1.54, 1.807) is 24.3 Å². The molecule has 2 aromatic rings. The van der Waals surface area contributed by atoms with Gasteiger partial charge in [0.05, 0.1) is 17.3 Å². The Balaban J connectivity index is 2.15. The van der Waals surface area contributed by atoms with Crippen molar-refractivity contribution in [3.63, 3.8) is 0 Å². The number of benzene rings is 1. The lowest BCUT2D eigenvalue weighted by Crippen LogP contribution is -2.14. The maximum absolute atomic E-state index is 12.1. The van der Waals surface area contributed by atoms with Crippen molar-refractivity contribution in [2.45, 2.75) is 6.92 Å². The zero-order chi connectivity index (χ0) is 15.2. The highest BCUT2D eigenvalue weighted by Crippen LogP contribution is 2.23. The van der Waals surface area contributed by atoms with E-state index in [2.05, 4.69) is 22.1 Å². The number of halogens is 1. The third-order valence-corrected chi connectivity index (χ3v) is 3.03. The van der Waals surface area contributed by atoms with Crippen molar-refractivity contribution in [1.29, 1.82) is 0 Å². The number of hydrogen-bond acceptors (Lipinski definition) is 3. The van der Waals surface area contributed by atoms with Crippen LogP contribution in [0.4, 0.5) is 5.69 Å². The van der Waals surface area contributed by atoms with Crippen LogP contribution in [0.1, 0.15) is 21.6 Å². The molecule has 21 heavy (non-hydrogen) atoms. The van der Waals surface area contributed by atoms with Gasteiger partial charge >= 0.3 is 0 Å². The zero-order valence-electron chi connectivity index (χ0n) is 11.5. The second-order valence-corrected chi connectivity index (χ2v) is 4.78. The van der Waals surface area contributed by atoms with E-state index in [0.29, 0.717) is 22.0 Å². The molecule has 1 aromatic carbocycles. The van der Waals surface area contributed by atoms with Crippen LogP contribution in [0.25, 0.3) is 0 Å². The van der Waals surface area contributed by atoms with Gasteiger partial charge in [-0.1, -0.05) is 29.5 Å². The molecule has 106 valence electrons. The van der Waals surface area contributed by atoms with E-state index in [9.17, 15) is 4.79 Å². The lowest BCUT2D eigenvalue weighted by Gasteiger charge is -2.07. The van der Waals surface area contributed by atoms with Crippen LogP contribution in [0.2, 0.25) is 5.02 Å². The van der Waals surface area contributed by atoms with Crippen molar-refractivity contribution >= 4 is 23.2 Å². The number of carbonyl (C=O) groups excluding carboxylic acids is 1. The number of pyridine rings is 1. The van der Waals surface area contributed by atoms with E-state index in [1.165, 1.54) is 6.20 Å². The van der Waals surface area contributed by atoms with Crippen molar-refractivity contribution in [2.75, 3.05) is 11.9 Å². The number of nitrogens with one attached hydrogen (secondary N) is 1. The Bertz CT molecular complexity index is 715. The van der Waals surface area contributed by atoms with E-state index < -0.39 is 0 Å². The summed E-state index contributed by atoms with van der Waals surface area (Å²) < 4.78 is 0. The first kappa shape index (κ1) is 15.0. The van der Waals surface area contributed by atoms with Gasteiger partial charge in [-0.3, -0.25) is 4.79 Å². The zero-order valence-corrected chi connectivity index (χ0v) is 12.2. The molecule has 0 radical (unpaired) electrons. The number of carbonyl (C=O) groups is 1. The average Bonchev–Trinajstić information content (AvgIpc) is 2.49. The summed E-state index contributed by atoms with van der Waals surface area (Å²) in [5.41, 5.74) is 7.88. The molecule has 4 nitrogen and oxygen atoms in total. The first-order valence-electron chi connectivity index (χ1n) is 6.32. The molecule has 0 saturated heterocycles. The summed E-state index contributed by atoms with van der Waals surface area (Å²) in [4.78, 5) is 16.2. The predicted molar refractivity (Wildman–Crippen MR) is 84.3 cm³/mol. The Labute approximate surface area is 128 Å². The normalized spacial score (nSPS) is 9.67. The molecule has 0 spiro atoms. The fourth-order valence-corrected chi connectivity index (χ4v) is 1.84. The van der Waals surface area contributed by atoms with Crippen LogP contribution >= 0.6 is 11.6 Å². The molecule has 3 N–H and O–H groups in total. The average molecular weight is 300 g/mol. The van der Waals surface area contributed by atoms with Gasteiger partial charge in [0.2, 0.25) is 0 Å². The summed E-state index contributed by atoms with van der Waals surface area (Å²) >= 11 is 6.04. The molecule has 0 aliphatic carbocycles. The van der Waals surface area contributed by atoms with Gasteiger partial charge in [0.15, 0.2) is 0 Å². The number of rotatable bonds is 2. The van der Waals surface area contributed by atoms with E-state index in [0.717, 1.165) is 5.56 Å². The van der Waals surface area contributed by atoms with E-state index in [1.807, 2.05) is 13.0 Å². The number of aryl methyl sites for hydroxylation is 1. The second kappa shape index (κ2) is 6.89. The summed E-state index contributed by atoms with van der Waals surface area (Å²) in [5.74, 6) is 5.25. The van der Waals surface area contributed by atoms with Crippen LogP contribution in [0.15, 0.2) is 36.5 Å². The maximum atomic E-state index is 12.1. The highest BCUT2D eigenvalue weighted by molar-refractivity contribution is 6.33. The van der Waals surface area contributed by atoms with E-state index in [-0.39, 0.29) is 12.5 Å². The Kier molecular flexibility index (Phi) is 4.94. The minimum Gasteiger partial charge on any atom is -0.320 e. The number of hydrogen-bond donors (Lipinski definition) is 2. The first-order chi connectivity index (χ1) is 10.1. The van der Waals surface area contributed by atoms with Crippen molar-refractivity contribution in [3.05, 3.63) is 58.4 Å². The van der Waals surface area contributed by atoms with Crippen LogP contribution < -0.4 is 11.1 Å². The maximum Gasteiger partial charge on any atom is 0.274 e. The van der Waals surface area contributed by atoms with Crippen LogP contribution in [-0.2, 0) is 0 Å². The van der Waals surface area contributed by atoms with Crippen molar-refractivity contribution < 1.29 is 4.79 Å². The molecule has 0 fully saturated rings. The Hall–Kier alpha value is -2.35. The summed E-state index contributed by atoms with van der Waals surface area (Å²) in [5, 5.41) is 3.23. The summed E-state index contributed by atoms with van der Waals surface area (Å²) in [6.45, 7) is 2.21. The molecule has 0 aliphatic heterocycles. The molecule has 1 heterocycles. The summed E-state index contributed by atoms with van der Waals surface area (Å²) in [6, 6.07) is 8.76. The minimum absolute atomic E-state index is 0.286. The van der Waals surface area contributed by atoms with Gasteiger partial charge in [-0.15, -0.1) is 0 Å². The molecule has 0 aliphatic rings. The largest absolute Gasteiger partial charge is 0.320 e. The fourth-order valence-electron chi connectivity index (χ4n) is 1.68. The molecular weight excluding hydrogens is 286 g/mol. The standard InChI is InChI=1S/C16H14ClN3O/c1-11-4-6-13(17)15(9-11)20-16(21)14-7-5-12(10-19-14)3-2-8-18/h4-7,9-10H,8,18H2,1H3,(H,20,21). The lowest BCUT2D eigenvalue weighted by molar-refractivity contribution is 0.102. The highest BCUT2D eigenvalue weighted by atomic mass is 35.5. The number of nitrogens with zero attached hydrogens (tertiary/aromatic N) is 1. The van der Waals surface area contributed by atoms with Gasteiger partial charge in [-0.25, -0.2) is 4.98 Å². The fraction of sp³-hybridized carbons (Fsp3) is 0.125. The lowest BCUT2D eigenvalue weighted by atomic mass is 10.2. The molecule has 2 rings (SSSR count). The quantitative estimate of drug-likeness (QED) is 0.838. The Morgan fingerprint density at radius 2 is 2.19 bits per heavy atom. The smallest absolute Gasteiger partial charge is 0.274 e. The van der Waals surface area contributed by atoms with Gasteiger partial charge in [-0.05, 0) is 36.8 Å². The van der Waals surface area contributed by atoms with Crippen LogP contribution in [0.3, 0.4) is 0 Å². The third-order valence-electron chi connectivity index (χ3n) is 2.70. The van der Waals surface area contributed by atoms with Gasteiger partial charge in [-0.2, -0.15) is 0 Å². The van der Waals surface area contributed by atoms with E-state index >= 15 is 0 Å². The van der Waals surface area contributed by atoms with Crippen molar-refractivity contribution in [3.8, 4) is 11.8 Å². The number of amides is 1. The number of nitrogens with two attached hydrogens (primary N) is 1. The summed E-state index contributed by atoms with van der Waals surface area (Å²) in [6.07, 6.45) is 1.54. The van der Waals surface area contributed by atoms with Gasteiger partial charge in [0.25, 0.3) is 5.91 Å². The highest BCUT2D eigenvalue weighted by Gasteiger charge is 2.09. The summed E-state index contributed by atoms with van der Waals surface area (Å²) in [7, 11) is 0. The van der Waals surface area contributed by atoms with Crippen molar-refractivity contribution in [1.82, 2.24) is 4.98 Å². The van der Waals surface area contributed by atoms with Gasteiger partial charge in [0, 0.05) is 11.8 Å². The first-order valence-corrected chi connectivity index (χ1v) is 6.70. The molecule has 5 heteroatoms. The van der Waals surface area contributed by atoms with E-state index in [4.69, 9.17) is 17.3 Å². The molecule has 0 unspecified atom stereocenters. The molecule has 0 atom stereocenters. The van der Waals surface area contributed by atoms with Crippen LogP contribution in [0, 0.1) is 18.8 Å². The monoisotopic (exact) mass is 299 g/mol. The molecule has 0 saturated carbocycles. The molecule has 1 aromatic heterocycles. The van der Waals surface area contributed by atoms with Gasteiger partial charge in [0.1, 0.15) is 5.69 Å². The minimum atomic E-state index is -0.319. The Morgan fingerprint density at radius 3 is 2.86 bits per heavy atom. The molecular formula is C16H14ClN3O. The predicted octanol–water partition coefficient (Wildman–Crippen LogP) is 2.61. The second-order valence-electron chi connectivity index (χ2n) is 4.38. The van der Waals surface area contributed by atoms with Crippen LogP contribution in [0.5, 0.6) is 0 Å². The molecule has 1 amide bonds. The van der Waals surface area contributed by atoms with Crippen molar-refractivity contribution in [2.24, 2.45) is 5.73 Å². The third kappa shape index (κ3) is 4.06. The topological polar surface area (TPSA) is 68.0 Å². The molecule has 0 bridgehead atoms. The Morgan fingerprint density at radius 1 is 1.38 bits per heavy atom. The van der Waals surface area contributed by atoms with Gasteiger partial charge < -0.3 is 11.1 Å². The van der Waals surface area contributed by atoms with Crippen LogP contribution in [-0.4, -0.2) is 17.4 Å². The number of aromatic nitrogens is 1.